The SMILES string of the molecule is CN(C)[C@H]1CCN(C(=O)[C@H]2CCc3c(sc4ncnc(Nc5cnc6[nH]ncc6c5)c34)C2)C1. The Hall–Kier alpha value is -3.11. The highest BCUT2D eigenvalue weighted by atomic mass is 32.1. The molecule has 0 saturated carbocycles. The summed E-state index contributed by atoms with van der Waals surface area (Å²) < 4.78 is 0. The number of carbonyl (C=O) groups is 1. The van der Waals surface area contributed by atoms with Gasteiger partial charge >= 0.3 is 0 Å². The van der Waals surface area contributed by atoms with Gasteiger partial charge in [-0.15, -0.1) is 11.3 Å². The topological polar surface area (TPSA) is 103 Å². The predicted molar refractivity (Wildman–Crippen MR) is 129 cm³/mol. The van der Waals surface area contributed by atoms with Crippen LogP contribution in [0.5, 0.6) is 0 Å². The van der Waals surface area contributed by atoms with Crippen LogP contribution in [0.1, 0.15) is 23.3 Å². The number of aromatic nitrogens is 5. The van der Waals surface area contributed by atoms with Gasteiger partial charge < -0.3 is 15.1 Å². The lowest BCUT2D eigenvalue weighted by Gasteiger charge is -2.27. The Morgan fingerprint density at radius 1 is 1.24 bits per heavy atom. The normalized spacial score (nSPS) is 20.6. The molecule has 1 aliphatic carbocycles. The molecule has 1 amide bonds. The van der Waals surface area contributed by atoms with Crippen LogP contribution in [0.15, 0.2) is 24.8 Å². The molecule has 4 aromatic rings. The minimum atomic E-state index is 0.0588. The average molecular weight is 463 g/mol. The van der Waals surface area contributed by atoms with Gasteiger partial charge in [0.15, 0.2) is 5.65 Å². The van der Waals surface area contributed by atoms with E-state index < -0.39 is 0 Å². The minimum absolute atomic E-state index is 0.0588. The average Bonchev–Trinajstić information content (AvgIpc) is 3.55. The smallest absolute Gasteiger partial charge is 0.226 e. The van der Waals surface area contributed by atoms with E-state index in [9.17, 15) is 4.79 Å². The zero-order valence-corrected chi connectivity index (χ0v) is 19.5. The fourth-order valence-electron chi connectivity index (χ4n) is 5.08. The van der Waals surface area contributed by atoms with Gasteiger partial charge in [0.05, 0.1) is 23.5 Å². The number of thiophene rings is 1. The highest BCUT2D eigenvalue weighted by Crippen LogP contribution is 2.41. The Morgan fingerprint density at radius 2 is 2.15 bits per heavy atom. The van der Waals surface area contributed by atoms with Crippen molar-refractivity contribution in [3.8, 4) is 0 Å². The van der Waals surface area contributed by atoms with Gasteiger partial charge in [-0.3, -0.25) is 9.89 Å². The van der Waals surface area contributed by atoms with E-state index in [4.69, 9.17) is 0 Å². The van der Waals surface area contributed by atoms with Crippen LogP contribution in [-0.4, -0.2) is 74.1 Å². The summed E-state index contributed by atoms with van der Waals surface area (Å²) >= 11 is 1.70. The van der Waals surface area contributed by atoms with Crippen molar-refractivity contribution in [2.24, 2.45) is 5.92 Å². The summed E-state index contributed by atoms with van der Waals surface area (Å²) in [5, 5.41) is 12.4. The summed E-state index contributed by atoms with van der Waals surface area (Å²) in [6.07, 6.45) is 8.73. The molecule has 1 aliphatic heterocycles. The van der Waals surface area contributed by atoms with Gasteiger partial charge in [-0.05, 0) is 51.4 Å². The number of rotatable bonds is 4. The number of amides is 1. The van der Waals surface area contributed by atoms with Crippen LogP contribution in [-0.2, 0) is 17.6 Å². The molecule has 170 valence electrons. The number of pyridine rings is 1. The third kappa shape index (κ3) is 3.63. The lowest BCUT2D eigenvalue weighted by Crippen LogP contribution is -2.39. The van der Waals surface area contributed by atoms with Crippen LogP contribution in [0.25, 0.3) is 21.3 Å². The first kappa shape index (κ1) is 20.5. The largest absolute Gasteiger partial charge is 0.341 e. The Morgan fingerprint density at radius 3 is 3.00 bits per heavy atom. The molecule has 2 atom stereocenters. The number of fused-ring (bicyclic) bond motifs is 4. The van der Waals surface area contributed by atoms with E-state index in [1.807, 2.05) is 6.07 Å². The van der Waals surface area contributed by atoms with Gasteiger partial charge in [-0.25, -0.2) is 15.0 Å². The first-order chi connectivity index (χ1) is 16.1. The van der Waals surface area contributed by atoms with Crippen LogP contribution in [0, 0.1) is 5.92 Å². The maximum absolute atomic E-state index is 13.2. The molecule has 4 aromatic heterocycles. The molecule has 5 heterocycles. The van der Waals surface area contributed by atoms with Crippen LogP contribution >= 0.6 is 11.3 Å². The number of aromatic amines is 1. The van der Waals surface area contributed by atoms with E-state index in [1.165, 1.54) is 10.4 Å². The fraction of sp³-hybridized carbons (Fsp3) is 0.435. The van der Waals surface area contributed by atoms with Gasteiger partial charge in [0.2, 0.25) is 5.91 Å². The van der Waals surface area contributed by atoms with Crippen LogP contribution in [0.2, 0.25) is 0 Å². The van der Waals surface area contributed by atoms with Gasteiger partial charge in [0, 0.05) is 35.3 Å². The number of likely N-dealkylation sites (tertiary alicyclic amines) is 1. The van der Waals surface area contributed by atoms with Crippen molar-refractivity contribution in [1.29, 1.82) is 0 Å². The predicted octanol–water partition coefficient (Wildman–Crippen LogP) is 2.97. The monoisotopic (exact) mass is 462 g/mol. The van der Waals surface area contributed by atoms with Crippen LogP contribution in [0.3, 0.4) is 0 Å². The lowest BCUT2D eigenvalue weighted by molar-refractivity contribution is -0.134. The van der Waals surface area contributed by atoms with Crippen LogP contribution < -0.4 is 5.32 Å². The molecule has 1 saturated heterocycles. The number of aryl methyl sites for hydroxylation is 1. The van der Waals surface area contributed by atoms with Crippen molar-refractivity contribution in [3.63, 3.8) is 0 Å². The number of nitrogens with one attached hydrogen (secondary N) is 2. The summed E-state index contributed by atoms with van der Waals surface area (Å²) in [5.74, 6) is 1.16. The second-order valence-electron chi connectivity index (χ2n) is 9.19. The van der Waals surface area contributed by atoms with E-state index >= 15 is 0 Å². The summed E-state index contributed by atoms with van der Waals surface area (Å²) in [7, 11) is 4.19. The summed E-state index contributed by atoms with van der Waals surface area (Å²) in [6, 6.07) is 2.47. The van der Waals surface area contributed by atoms with Crippen LogP contribution in [0.4, 0.5) is 11.5 Å². The van der Waals surface area contributed by atoms with Gasteiger partial charge in [-0.2, -0.15) is 5.10 Å². The standard InChI is InChI=1S/C23H26N8OS/c1-30(2)16-5-6-31(11-16)23(32)13-3-4-17-18(8-13)33-22-19(17)21(25-12-26-22)28-15-7-14-9-27-29-20(14)24-10-15/h7,9-10,12-13,16H,3-6,8,11H2,1-2H3,(H,24,27,29)(H,25,26,28)/t13-,16-/m0/s1. The minimum Gasteiger partial charge on any atom is -0.341 e. The second kappa shape index (κ2) is 8.03. The lowest BCUT2D eigenvalue weighted by atomic mass is 9.87. The maximum Gasteiger partial charge on any atom is 0.226 e. The molecule has 0 unspecified atom stereocenters. The number of H-pyrrole nitrogens is 1. The third-order valence-electron chi connectivity index (χ3n) is 6.95. The van der Waals surface area contributed by atoms with E-state index in [0.29, 0.717) is 11.9 Å². The molecule has 9 nitrogen and oxygen atoms in total. The molecule has 2 N–H and O–H groups in total. The molecular formula is C23H26N8OS. The van der Waals surface area contributed by atoms with E-state index in [-0.39, 0.29) is 5.92 Å². The Kier molecular flexibility index (Phi) is 4.99. The van der Waals surface area contributed by atoms with E-state index in [2.05, 4.69) is 54.4 Å². The fourth-order valence-corrected chi connectivity index (χ4v) is 6.35. The number of nitrogens with zero attached hydrogens (tertiary/aromatic N) is 6. The number of carbonyl (C=O) groups excluding carboxylic acids is 1. The molecule has 33 heavy (non-hydrogen) atoms. The van der Waals surface area contributed by atoms with E-state index in [0.717, 1.165) is 71.5 Å². The molecule has 0 bridgehead atoms. The third-order valence-corrected chi connectivity index (χ3v) is 8.12. The second-order valence-corrected chi connectivity index (χ2v) is 10.3. The molecule has 1 fully saturated rings. The summed E-state index contributed by atoms with van der Waals surface area (Å²) in [6.45, 7) is 1.71. The molecule has 0 radical (unpaired) electrons. The van der Waals surface area contributed by atoms with Crippen molar-refractivity contribution in [1.82, 2.24) is 34.9 Å². The number of anilines is 2. The Bertz CT molecular complexity index is 1340. The zero-order chi connectivity index (χ0) is 22.5. The first-order valence-electron chi connectivity index (χ1n) is 11.3. The number of hydrogen-bond acceptors (Lipinski definition) is 8. The van der Waals surface area contributed by atoms with Crippen molar-refractivity contribution < 1.29 is 4.79 Å². The maximum atomic E-state index is 13.2. The quantitative estimate of drug-likeness (QED) is 0.481. The highest BCUT2D eigenvalue weighted by molar-refractivity contribution is 7.19. The molecule has 2 aliphatic rings. The molecule has 10 heteroatoms. The number of hydrogen-bond donors (Lipinski definition) is 2. The van der Waals surface area contributed by atoms with Crippen molar-refractivity contribution in [3.05, 3.63) is 35.2 Å². The van der Waals surface area contributed by atoms with Gasteiger partial charge in [0.1, 0.15) is 17.0 Å². The highest BCUT2D eigenvalue weighted by Gasteiger charge is 2.35. The first-order valence-corrected chi connectivity index (χ1v) is 12.1. The molecule has 0 spiro atoms. The molecule has 6 rings (SSSR count). The van der Waals surface area contributed by atoms with Crippen molar-refractivity contribution in [2.45, 2.75) is 31.7 Å². The zero-order valence-electron chi connectivity index (χ0n) is 18.7. The van der Waals surface area contributed by atoms with Gasteiger partial charge in [0.25, 0.3) is 0 Å². The van der Waals surface area contributed by atoms with Gasteiger partial charge in [-0.1, -0.05) is 0 Å². The molecular weight excluding hydrogens is 436 g/mol. The van der Waals surface area contributed by atoms with Crippen molar-refractivity contribution >= 4 is 50.0 Å². The summed E-state index contributed by atoms with van der Waals surface area (Å²) in [4.78, 5) is 33.3. The van der Waals surface area contributed by atoms with Crippen molar-refractivity contribution in [2.75, 3.05) is 32.5 Å². The summed E-state index contributed by atoms with van der Waals surface area (Å²) in [5.41, 5.74) is 2.90. The Balaban J connectivity index is 1.25. The Labute approximate surface area is 195 Å². The molecule has 0 aromatic carbocycles. The number of likely N-dealkylation sites (N-methyl/N-ethyl adjacent to an activating group) is 1. The van der Waals surface area contributed by atoms with E-state index in [1.54, 1.807) is 30.1 Å².